The largest absolute Gasteiger partial charge is 2.00 e. The number of rotatable bonds is 1. The second-order valence-electron chi connectivity index (χ2n) is 0.816. The van der Waals surface area contributed by atoms with E-state index in [1.807, 2.05) is 0 Å². The van der Waals surface area contributed by atoms with Gasteiger partial charge in [-0.1, -0.05) is 6.92 Å². The molecule has 2 heteroatoms. The molecule has 0 aromatic rings. The smallest absolute Gasteiger partial charge is 0.358 e. The quantitative estimate of drug-likeness (QED) is 0.379. The van der Waals surface area contributed by atoms with E-state index in [1.165, 1.54) is 6.42 Å². The van der Waals surface area contributed by atoms with Gasteiger partial charge >= 0.3 is 23.1 Å². The molecule has 0 aliphatic rings. The van der Waals surface area contributed by atoms with Crippen LogP contribution in [0.3, 0.4) is 0 Å². The van der Waals surface area contributed by atoms with Crippen LogP contribution < -0.4 is 0 Å². The Morgan fingerprint density at radius 2 is 1.57 bits per heavy atom. The Balaban J connectivity index is -0.0000000150. The first-order valence-electron chi connectivity index (χ1n) is 1.69. The summed E-state index contributed by atoms with van der Waals surface area (Å²) < 4.78 is 0. The van der Waals surface area contributed by atoms with Gasteiger partial charge in [0.2, 0.25) is 0 Å². The molecule has 0 radical (unpaired) electrons. The van der Waals surface area contributed by atoms with Crippen LogP contribution in [0.25, 0.3) is 0 Å². The van der Waals surface area contributed by atoms with E-state index in [1.54, 1.807) is 0 Å². The number of halogens is 1. The van der Waals surface area contributed by atoms with Crippen molar-refractivity contribution in [2.75, 3.05) is 0 Å². The monoisotopic (exact) mass is 132 g/mol. The fraction of sp³-hybridized carbons (Fsp3) is 0.600. The standard InChI is InChI=1S/C4H9.CH3.ClH.Mg/c1-3-4-2;;;/h3H,4H2,1-2H3;1H3;1H;/q2*-1;;+2. The van der Waals surface area contributed by atoms with Crippen LogP contribution in [0, 0.1) is 13.8 Å². The summed E-state index contributed by atoms with van der Waals surface area (Å²) in [5.41, 5.74) is 0. The predicted octanol–water partition coefficient (Wildman–Crippen LogP) is 2.11. The number of hydrogen-bond donors (Lipinski definition) is 0. The van der Waals surface area contributed by atoms with Crippen molar-refractivity contribution >= 4 is 35.5 Å². The molecule has 7 heavy (non-hydrogen) atoms. The van der Waals surface area contributed by atoms with Gasteiger partial charge in [-0.15, -0.1) is 12.4 Å². The summed E-state index contributed by atoms with van der Waals surface area (Å²) >= 11 is 0. The molecule has 0 unspecified atom stereocenters. The van der Waals surface area contributed by atoms with Crippen molar-refractivity contribution in [3.8, 4) is 0 Å². The van der Waals surface area contributed by atoms with Crippen molar-refractivity contribution in [2.24, 2.45) is 0 Å². The minimum atomic E-state index is 0. The maximum atomic E-state index is 2.12. The van der Waals surface area contributed by atoms with E-state index >= 15 is 0 Å². The Morgan fingerprint density at radius 3 is 1.57 bits per heavy atom. The van der Waals surface area contributed by atoms with Gasteiger partial charge in [0, 0.05) is 0 Å². The third-order valence-electron chi connectivity index (χ3n) is 0.408. The molecule has 42 valence electrons. The third kappa shape index (κ3) is 42.7. The van der Waals surface area contributed by atoms with Gasteiger partial charge in [-0.25, -0.2) is 0 Å². The average Bonchev–Trinajstić information content (AvgIpc) is 1.37. The zero-order valence-corrected chi connectivity index (χ0v) is 7.63. The van der Waals surface area contributed by atoms with Crippen LogP contribution in [0.1, 0.15) is 20.3 Å². The molecule has 0 saturated carbocycles. The Labute approximate surface area is 69.6 Å². The van der Waals surface area contributed by atoms with E-state index in [0.717, 1.165) is 0 Å². The van der Waals surface area contributed by atoms with Crippen LogP contribution in [0.15, 0.2) is 0 Å². The molecule has 0 saturated heterocycles. The molecular formula is C5H13ClMg. The summed E-state index contributed by atoms with van der Waals surface area (Å²) in [5.74, 6) is 0. The number of hydrogen-bond acceptors (Lipinski definition) is 0. The molecule has 0 N–H and O–H groups in total. The van der Waals surface area contributed by atoms with Crippen LogP contribution in [-0.2, 0) is 0 Å². The van der Waals surface area contributed by atoms with Crippen molar-refractivity contribution in [1.82, 2.24) is 0 Å². The van der Waals surface area contributed by atoms with Crippen LogP contribution in [-0.4, -0.2) is 23.1 Å². The zero-order valence-electron chi connectivity index (χ0n) is 5.40. The Bertz CT molecular complexity index is 10.0. The first-order valence-corrected chi connectivity index (χ1v) is 1.69. The van der Waals surface area contributed by atoms with Crippen molar-refractivity contribution in [3.63, 3.8) is 0 Å². The first-order chi connectivity index (χ1) is 1.91. The minimum absolute atomic E-state index is 0. The summed E-state index contributed by atoms with van der Waals surface area (Å²) in [7, 11) is 0. The summed E-state index contributed by atoms with van der Waals surface area (Å²) in [4.78, 5) is 0. The normalized spacial score (nSPS) is 4.29. The van der Waals surface area contributed by atoms with Crippen molar-refractivity contribution in [2.45, 2.75) is 20.3 Å². The fourth-order valence-corrected chi connectivity index (χ4v) is 0. The molecule has 0 heterocycles. The van der Waals surface area contributed by atoms with Crippen molar-refractivity contribution in [1.29, 1.82) is 0 Å². The molecule has 0 atom stereocenters. The zero-order chi connectivity index (χ0) is 3.41. The molecule has 0 bridgehead atoms. The topological polar surface area (TPSA) is 0 Å². The van der Waals surface area contributed by atoms with Crippen molar-refractivity contribution in [3.05, 3.63) is 13.8 Å². The van der Waals surface area contributed by atoms with Crippen molar-refractivity contribution < 1.29 is 0 Å². The average molecular weight is 133 g/mol. The van der Waals surface area contributed by atoms with Gasteiger partial charge in [-0.2, -0.15) is 13.3 Å². The van der Waals surface area contributed by atoms with E-state index in [4.69, 9.17) is 0 Å². The van der Waals surface area contributed by atoms with Gasteiger partial charge in [0.1, 0.15) is 0 Å². The fourth-order valence-electron chi connectivity index (χ4n) is 0. The van der Waals surface area contributed by atoms with Gasteiger partial charge in [0.15, 0.2) is 0 Å². The summed E-state index contributed by atoms with van der Waals surface area (Å²) in [6.45, 7) is 4.18. The molecular weight excluding hydrogens is 120 g/mol. The van der Waals surface area contributed by atoms with Gasteiger partial charge in [0.05, 0.1) is 0 Å². The maximum absolute atomic E-state index is 2.12. The first kappa shape index (κ1) is 24.4. The van der Waals surface area contributed by atoms with E-state index in [0.29, 0.717) is 0 Å². The molecule has 0 aliphatic carbocycles. The van der Waals surface area contributed by atoms with Gasteiger partial charge in [-0.3, -0.25) is 0 Å². The Kier molecular flexibility index (Phi) is 96.5. The summed E-state index contributed by atoms with van der Waals surface area (Å²) in [6.07, 6.45) is 3.32. The van der Waals surface area contributed by atoms with Gasteiger partial charge in [-0.05, 0) is 0 Å². The molecule has 0 rings (SSSR count). The van der Waals surface area contributed by atoms with E-state index in [2.05, 4.69) is 20.3 Å². The minimum Gasteiger partial charge on any atom is -0.358 e. The van der Waals surface area contributed by atoms with Crippen LogP contribution in [0.2, 0.25) is 0 Å². The molecule has 0 fully saturated rings. The van der Waals surface area contributed by atoms with Gasteiger partial charge < -0.3 is 13.8 Å². The van der Waals surface area contributed by atoms with Gasteiger partial charge in [0.25, 0.3) is 0 Å². The van der Waals surface area contributed by atoms with Crippen LogP contribution in [0.5, 0.6) is 0 Å². The second-order valence-corrected chi connectivity index (χ2v) is 0.816. The number of unbranched alkanes of at least 4 members (excludes halogenated alkanes) is 1. The molecule has 0 aromatic carbocycles. The second kappa shape index (κ2) is 27.7. The summed E-state index contributed by atoms with van der Waals surface area (Å²) in [6, 6.07) is 0. The van der Waals surface area contributed by atoms with Crippen LogP contribution in [0.4, 0.5) is 0 Å². The molecule has 0 aromatic heterocycles. The van der Waals surface area contributed by atoms with Crippen LogP contribution >= 0.6 is 12.4 Å². The summed E-state index contributed by atoms with van der Waals surface area (Å²) in [5, 5.41) is 0. The SMILES string of the molecule is C[CH-]CC.Cl.[CH3-].[Mg+2]. The Morgan fingerprint density at radius 1 is 1.43 bits per heavy atom. The van der Waals surface area contributed by atoms with E-state index < -0.39 is 0 Å². The molecule has 0 nitrogen and oxygen atoms in total. The molecule has 0 spiro atoms. The Hall–Kier alpha value is 1.06. The predicted molar refractivity (Wildman–Crippen MR) is 39.7 cm³/mol. The third-order valence-corrected chi connectivity index (χ3v) is 0.408. The maximum Gasteiger partial charge on any atom is 2.00 e. The molecule has 0 amide bonds. The van der Waals surface area contributed by atoms with E-state index in [9.17, 15) is 0 Å². The molecule has 0 aliphatic heterocycles. The van der Waals surface area contributed by atoms with E-state index in [-0.39, 0.29) is 42.9 Å².